The van der Waals surface area contributed by atoms with Crippen molar-refractivity contribution in [3.05, 3.63) is 48.3 Å². The molecule has 2 aromatic carbocycles. The molecule has 0 aliphatic heterocycles. The maximum Gasteiger partial charge on any atom is 0.344 e. The summed E-state index contributed by atoms with van der Waals surface area (Å²) in [6.45, 7) is 1.92. The third-order valence-corrected chi connectivity index (χ3v) is 3.86. The highest BCUT2D eigenvalue weighted by Gasteiger charge is 2.23. The second kappa shape index (κ2) is 5.42. The number of hydrogen-bond donors (Lipinski definition) is 1. The van der Waals surface area contributed by atoms with E-state index in [1.165, 1.54) is 0 Å². The Bertz CT molecular complexity index is 1110. The molecule has 0 amide bonds. The van der Waals surface area contributed by atoms with Crippen LogP contribution >= 0.6 is 0 Å². The van der Waals surface area contributed by atoms with E-state index >= 15 is 0 Å². The van der Waals surface area contributed by atoms with E-state index in [0.717, 1.165) is 5.39 Å². The van der Waals surface area contributed by atoms with Crippen LogP contribution in [-0.4, -0.2) is 32.6 Å². The van der Waals surface area contributed by atoms with Crippen molar-refractivity contribution in [2.24, 2.45) is 0 Å². The lowest BCUT2D eigenvalue weighted by molar-refractivity contribution is 0.0525. The molecule has 118 valence electrons. The van der Waals surface area contributed by atoms with E-state index in [-0.39, 0.29) is 17.9 Å². The van der Waals surface area contributed by atoms with Gasteiger partial charge < -0.3 is 9.84 Å². The first-order valence-corrected chi connectivity index (χ1v) is 7.53. The van der Waals surface area contributed by atoms with Crippen molar-refractivity contribution in [3.8, 4) is 5.75 Å². The third-order valence-electron chi connectivity index (χ3n) is 3.86. The van der Waals surface area contributed by atoms with Gasteiger partial charge in [0.15, 0.2) is 0 Å². The highest BCUT2D eigenvalue weighted by Crippen LogP contribution is 2.36. The van der Waals surface area contributed by atoms with E-state index in [1.807, 2.05) is 12.1 Å². The van der Waals surface area contributed by atoms with Crippen LogP contribution in [0.5, 0.6) is 5.75 Å². The maximum absolute atomic E-state index is 12.4. The van der Waals surface area contributed by atoms with Crippen LogP contribution in [0.15, 0.2) is 42.7 Å². The predicted molar refractivity (Wildman–Crippen MR) is 90.0 cm³/mol. The molecule has 6 heteroatoms. The summed E-state index contributed by atoms with van der Waals surface area (Å²) in [5.41, 5.74) is 2.10. The fraction of sp³-hybridized carbons (Fsp3) is 0.111. The zero-order valence-corrected chi connectivity index (χ0v) is 12.9. The van der Waals surface area contributed by atoms with E-state index in [1.54, 1.807) is 37.5 Å². The van der Waals surface area contributed by atoms with Crippen molar-refractivity contribution < 1.29 is 14.6 Å². The van der Waals surface area contributed by atoms with Crippen molar-refractivity contribution in [1.82, 2.24) is 15.0 Å². The van der Waals surface area contributed by atoms with Crippen molar-refractivity contribution in [1.29, 1.82) is 0 Å². The lowest BCUT2D eigenvalue weighted by atomic mass is 10.0. The van der Waals surface area contributed by atoms with E-state index in [9.17, 15) is 9.90 Å². The van der Waals surface area contributed by atoms with Gasteiger partial charge in [0.05, 0.1) is 23.8 Å². The average Bonchev–Trinajstić information content (AvgIpc) is 2.61. The van der Waals surface area contributed by atoms with Crippen molar-refractivity contribution in [2.45, 2.75) is 6.92 Å². The van der Waals surface area contributed by atoms with Crippen LogP contribution in [0, 0.1) is 0 Å². The highest BCUT2D eigenvalue weighted by atomic mass is 16.5. The van der Waals surface area contributed by atoms with E-state index in [4.69, 9.17) is 4.74 Å². The molecule has 6 nitrogen and oxygen atoms in total. The van der Waals surface area contributed by atoms with Gasteiger partial charge in [-0.1, -0.05) is 24.3 Å². The van der Waals surface area contributed by atoms with Gasteiger partial charge in [-0.25, -0.2) is 14.8 Å². The third kappa shape index (κ3) is 2.04. The lowest BCUT2D eigenvalue weighted by Crippen LogP contribution is -2.08. The number of fused-ring (bicyclic) bond motifs is 4. The summed E-state index contributed by atoms with van der Waals surface area (Å²) < 4.78 is 5.10. The molecule has 0 fully saturated rings. The molecule has 1 N–H and O–H groups in total. The number of benzene rings is 2. The largest absolute Gasteiger partial charge is 0.506 e. The minimum atomic E-state index is -0.622. The number of ether oxygens (including phenoxy) is 1. The predicted octanol–water partition coefficient (Wildman–Crippen LogP) is 3.21. The van der Waals surface area contributed by atoms with Crippen molar-refractivity contribution in [3.63, 3.8) is 0 Å². The summed E-state index contributed by atoms with van der Waals surface area (Å²) in [6.07, 6.45) is 3.21. The number of carbonyl (C=O) groups excluding carboxylic acids is 1. The monoisotopic (exact) mass is 319 g/mol. The molecule has 0 bridgehead atoms. The number of pyridine rings is 1. The van der Waals surface area contributed by atoms with Gasteiger partial charge in [0.2, 0.25) is 0 Å². The fourth-order valence-electron chi connectivity index (χ4n) is 2.81. The molecule has 0 saturated carbocycles. The molecule has 0 radical (unpaired) electrons. The van der Waals surface area contributed by atoms with Gasteiger partial charge in [-0.15, -0.1) is 0 Å². The fourth-order valence-corrected chi connectivity index (χ4v) is 2.81. The van der Waals surface area contributed by atoms with Crippen LogP contribution < -0.4 is 0 Å². The Morgan fingerprint density at radius 3 is 2.62 bits per heavy atom. The Balaban J connectivity index is 2.23. The number of aromatic hydroxyl groups is 1. The number of aromatic nitrogens is 3. The SMILES string of the molecule is CCOC(=O)c1c(O)c2ccccc2c2nc3ccncc3nc12. The number of phenols is 1. The van der Waals surface area contributed by atoms with E-state index in [2.05, 4.69) is 15.0 Å². The number of nitrogens with zero attached hydrogens (tertiary/aromatic N) is 3. The zero-order valence-electron chi connectivity index (χ0n) is 12.9. The van der Waals surface area contributed by atoms with E-state index in [0.29, 0.717) is 27.5 Å². The molecular weight excluding hydrogens is 306 g/mol. The molecule has 24 heavy (non-hydrogen) atoms. The summed E-state index contributed by atoms with van der Waals surface area (Å²) in [6, 6.07) is 8.98. The first-order chi connectivity index (χ1) is 11.7. The van der Waals surface area contributed by atoms with Gasteiger partial charge in [-0.05, 0) is 13.0 Å². The summed E-state index contributed by atoms with van der Waals surface area (Å²) >= 11 is 0. The second-order valence-electron chi connectivity index (χ2n) is 5.27. The maximum atomic E-state index is 12.4. The van der Waals surface area contributed by atoms with Gasteiger partial charge in [0.1, 0.15) is 22.3 Å². The van der Waals surface area contributed by atoms with Crippen LogP contribution in [0.1, 0.15) is 17.3 Å². The Kier molecular flexibility index (Phi) is 3.23. The molecule has 2 aromatic heterocycles. The van der Waals surface area contributed by atoms with Crippen LogP contribution in [0.2, 0.25) is 0 Å². The molecule has 0 unspecified atom stereocenters. The average molecular weight is 319 g/mol. The number of phenolic OH excluding ortho intramolecular Hbond substituents is 1. The molecule has 0 aliphatic rings. The van der Waals surface area contributed by atoms with Crippen molar-refractivity contribution in [2.75, 3.05) is 6.61 Å². The number of carbonyl (C=O) groups is 1. The first-order valence-electron chi connectivity index (χ1n) is 7.53. The smallest absolute Gasteiger partial charge is 0.344 e. The Labute approximate surface area is 136 Å². The summed E-state index contributed by atoms with van der Waals surface area (Å²) in [4.78, 5) is 25.6. The highest BCUT2D eigenvalue weighted by molar-refractivity contribution is 6.17. The first kappa shape index (κ1) is 14.3. The van der Waals surface area contributed by atoms with Crippen LogP contribution in [0.25, 0.3) is 32.8 Å². The molecule has 4 aromatic rings. The zero-order chi connectivity index (χ0) is 16.7. The standard InChI is InChI=1S/C18H13N3O3/c1-2-24-18(23)14-16-15(10-5-3-4-6-11(10)17(14)22)20-12-7-8-19-9-13(12)21-16/h3-9,22H,2H2,1H3. The van der Waals surface area contributed by atoms with Gasteiger partial charge in [0.25, 0.3) is 0 Å². The van der Waals surface area contributed by atoms with Crippen molar-refractivity contribution >= 4 is 38.8 Å². The number of hydrogen-bond acceptors (Lipinski definition) is 6. The van der Waals surface area contributed by atoms with Gasteiger partial charge in [0, 0.05) is 17.0 Å². The molecule has 0 saturated heterocycles. The summed E-state index contributed by atoms with van der Waals surface area (Å²) in [5.74, 6) is -0.766. The number of rotatable bonds is 2. The minimum absolute atomic E-state index is 0.0313. The van der Waals surface area contributed by atoms with Gasteiger partial charge in [-0.2, -0.15) is 0 Å². The second-order valence-corrected chi connectivity index (χ2v) is 5.27. The van der Waals surface area contributed by atoms with Crippen LogP contribution in [0.4, 0.5) is 0 Å². The molecule has 0 atom stereocenters. The summed E-state index contributed by atoms with van der Waals surface area (Å²) in [7, 11) is 0. The molecule has 4 rings (SSSR count). The topological polar surface area (TPSA) is 85.2 Å². The quantitative estimate of drug-likeness (QED) is 0.347. The Hall–Kier alpha value is -3.28. The minimum Gasteiger partial charge on any atom is -0.506 e. The molecule has 0 aliphatic carbocycles. The number of esters is 1. The van der Waals surface area contributed by atoms with Gasteiger partial charge >= 0.3 is 5.97 Å². The van der Waals surface area contributed by atoms with Gasteiger partial charge in [-0.3, -0.25) is 4.98 Å². The normalized spacial score (nSPS) is 11.2. The van der Waals surface area contributed by atoms with Crippen LogP contribution in [-0.2, 0) is 4.74 Å². The molecule has 2 heterocycles. The Morgan fingerprint density at radius 2 is 1.83 bits per heavy atom. The van der Waals surface area contributed by atoms with Crippen LogP contribution in [0.3, 0.4) is 0 Å². The summed E-state index contributed by atoms with van der Waals surface area (Å²) in [5, 5.41) is 11.9. The molecule has 0 spiro atoms. The molecular formula is C18H13N3O3. The lowest BCUT2D eigenvalue weighted by Gasteiger charge is -2.12. The van der Waals surface area contributed by atoms with E-state index < -0.39 is 5.97 Å². The Morgan fingerprint density at radius 1 is 1.08 bits per heavy atom.